The molecular formula is C19H19FO2. The maximum Gasteiger partial charge on any atom is 0.166 e. The molecule has 3 heteroatoms. The molecule has 1 unspecified atom stereocenters. The summed E-state index contributed by atoms with van der Waals surface area (Å²) in [6.45, 7) is 3.62. The third kappa shape index (κ3) is 3.67. The van der Waals surface area contributed by atoms with Gasteiger partial charge in [0.15, 0.2) is 5.78 Å². The molecule has 0 aromatic heterocycles. The molecule has 0 saturated heterocycles. The Morgan fingerprint density at radius 3 is 2.14 bits per heavy atom. The van der Waals surface area contributed by atoms with Gasteiger partial charge < -0.3 is 0 Å². The predicted molar refractivity (Wildman–Crippen MR) is 84.4 cm³/mol. The Labute approximate surface area is 130 Å². The van der Waals surface area contributed by atoms with E-state index < -0.39 is 11.7 Å². The number of hydrogen-bond donors (Lipinski definition) is 0. The van der Waals surface area contributed by atoms with Gasteiger partial charge in [-0.15, -0.1) is 0 Å². The first-order chi connectivity index (χ1) is 10.5. The fourth-order valence-corrected chi connectivity index (χ4v) is 2.45. The molecule has 0 amide bonds. The van der Waals surface area contributed by atoms with Crippen molar-refractivity contribution >= 4 is 11.6 Å². The van der Waals surface area contributed by atoms with Gasteiger partial charge in [-0.1, -0.05) is 56.3 Å². The second kappa shape index (κ2) is 7.12. The van der Waals surface area contributed by atoms with Crippen molar-refractivity contribution in [3.63, 3.8) is 0 Å². The Balaban J connectivity index is 2.29. The van der Waals surface area contributed by atoms with Crippen molar-refractivity contribution in [3.8, 4) is 0 Å². The zero-order valence-electron chi connectivity index (χ0n) is 12.8. The van der Waals surface area contributed by atoms with Crippen LogP contribution in [0.2, 0.25) is 0 Å². The van der Waals surface area contributed by atoms with Crippen molar-refractivity contribution in [1.29, 1.82) is 0 Å². The highest BCUT2D eigenvalue weighted by Crippen LogP contribution is 2.26. The molecule has 0 aliphatic heterocycles. The van der Waals surface area contributed by atoms with Crippen molar-refractivity contribution in [1.82, 2.24) is 0 Å². The molecule has 1 atom stereocenters. The van der Waals surface area contributed by atoms with Gasteiger partial charge in [0.1, 0.15) is 11.6 Å². The third-order valence-corrected chi connectivity index (χ3v) is 3.68. The molecule has 0 aliphatic rings. The van der Waals surface area contributed by atoms with E-state index in [1.54, 1.807) is 12.1 Å². The summed E-state index contributed by atoms with van der Waals surface area (Å²) in [5.41, 5.74) is 0.839. The van der Waals surface area contributed by atoms with Crippen LogP contribution in [0.1, 0.15) is 42.1 Å². The summed E-state index contributed by atoms with van der Waals surface area (Å²) in [6.07, 6.45) is -0.0119. The van der Waals surface area contributed by atoms with Crippen LogP contribution in [0, 0.1) is 11.7 Å². The Kier molecular flexibility index (Phi) is 5.21. The number of carbonyl (C=O) groups is 2. The van der Waals surface area contributed by atoms with E-state index in [9.17, 15) is 14.0 Å². The van der Waals surface area contributed by atoms with Crippen molar-refractivity contribution in [3.05, 3.63) is 71.5 Å². The van der Waals surface area contributed by atoms with Crippen molar-refractivity contribution in [2.75, 3.05) is 0 Å². The average Bonchev–Trinajstić information content (AvgIpc) is 2.53. The minimum Gasteiger partial charge on any atom is -0.299 e. The molecule has 0 N–H and O–H groups in total. The van der Waals surface area contributed by atoms with Crippen molar-refractivity contribution in [2.45, 2.75) is 26.2 Å². The smallest absolute Gasteiger partial charge is 0.166 e. The summed E-state index contributed by atoms with van der Waals surface area (Å²) < 4.78 is 13.7. The van der Waals surface area contributed by atoms with E-state index in [1.165, 1.54) is 12.1 Å². The van der Waals surface area contributed by atoms with Crippen LogP contribution in [0.3, 0.4) is 0 Å². The van der Waals surface area contributed by atoms with Gasteiger partial charge in [0.05, 0.1) is 11.5 Å². The number of benzene rings is 2. The van der Waals surface area contributed by atoms with E-state index in [-0.39, 0.29) is 29.5 Å². The summed E-state index contributed by atoms with van der Waals surface area (Å²) in [7, 11) is 0. The van der Waals surface area contributed by atoms with Crippen LogP contribution in [0.5, 0.6) is 0 Å². The highest BCUT2D eigenvalue weighted by Gasteiger charge is 2.26. The Morgan fingerprint density at radius 2 is 1.55 bits per heavy atom. The number of hydrogen-bond acceptors (Lipinski definition) is 2. The molecule has 2 nitrogen and oxygen atoms in total. The normalized spacial score (nSPS) is 12.2. The maximum absolute atomic E-state index is 13.7. The molecule has 0 spiro atoms. The number of Topliss-reactive ketones (excluding diaryl/α,β-unsaturated/α-hetero) is 2. The second-order valence-electron chi connectivity index (χ2n) is 5.63. The lowest BCUT2D eigenvalue weighted by Crippen LogP contribution is -2.21. The van der Waals surface area contributed by atoms with E-state index in [1.807, 2.05) is 44.2 Å². The quantitative estimate of drug-likeness (QED) is 0.740. The van der Waals surface area contributed by atoms with Crippen molar-refractivity contribution < 1.29 is 14.0 Å². The van der Waals surface area contributed by atoms with Gasteiger partial charge in [-0.25, -0.2) is 4.39 Å². The SMILES string of the molecule is CC(C)C(=O)C(CC(=O)c1ccccc1F)c1ccccc1. The van der Waals surface area contributed by atoms with Gasteiger partial charge >= 0.3 is 0 Å². The highest BCUT2D eigenvalue weighted by atomic mass is 19.1. The fraction of sp³-hybridized carbons (Fsp3) is 0.263. The highest BCUT2D eigenvalue weighted by molar-refractivity contribution is 6.00. The van der Waals surface area contributed by atoms with Crippen LogP contribution in [0.4, 0.5) is 4.39 Å². The van der Waals surface area contributed by atoms with Crippen LogP contribution in [0.15, 0.2) is 54.6 Å². The molecule has 0 saturated carbocycles. The summed E-state index contributed by atoms with van der Waals surface area (Å²) in [5, 5.41) is 0. The first-order valence-electron chi connectivity index (χ1n) is 7.37. The maximum atomic E-state index is 13.7. The minimum absolute atomic E-state index is 0.00381. The molecule has 0 fully saturated rings. The largest absolute Gasteiger partial charge is 0.299 e. The Bertz CT molecular complexity index is 662. The predicted octanol–water partition coefficient (Wildman–Crippen LogP) is 4.41. The molecule has 2 aromatic carbocycles. The van der Waals surface area contributed by atoms with Crippen LogP contribution < -0.4 is 0 Å². The Hall–Kier alpha value is -2.29. The first-order valence-corrected chi connectivity index (χ1v) is 7.37. The van der Waals surface area contributed by atoms with E-state index >= 15 is 0 Å². The molecule has 0 bridgehead atoms. The van der Waals surface area contributed by atoms with Gasteiger partial charge in [0.25, 0.3) is 0 Å². The van der Waals surface area contributed by atoms with Crippen LogP contribution in [0.25, 0.3) is 0 Å². The molecule has 2 rings (SSSR count). The van der Waals surface area contributed by atoms with Gasteiger partial charge in [0, 0.05) is 12.3 Å². The summed E-state index contributed by atoms with van der Waals surface area (Å²) >= 11 is 0. The summed E-state index contributed by atoms with van der Waals surface area (Å²) in [5.74, 6) is -1.61. The topological polar surface area (TPSA) is 34.1 Å². The Morgan fingerprint density at radius 1 is 0.955 bits per heavy atom. The number of ketones is 2. The molecular weight excluding hydrogens is 279 g/mol. The van der Waals surface area contributed by atoms with Gasteiger partial charge in [-0.3, -0.25) is 9.59 Å². The lowest BCUT2D eigenvalue weighted by atomic mass is 9.84. The van der Waals surface area contributed by atoms with E-state index in [0.29, 0.717) is 0 Å². The summed E-state index contributed by atoms with van der Waals surface area (Å²) in [4.78, 5) is 24.8. The molecule has 0 heterocycles. The van der Waals surface area contributed by atoms with Crippen LogP contribution in [-0.2, 0) is 4.79 Å². The molecule has 22 heavy (non-hydrogen) atoms. The fourth-order valence-electron chi connectivity index (χ4n) is 2.45. The number of rotatable bonds is 6. The van der Waals surface area contributed by atoms with E-state index in [4.69, 9.17) is 0 Å². The molecule has 114 valence electrons. The second-order valence-corrected chi connectivity index (χ2v) is 5.63. The minimum atomic E-state index is -0.545. The van der Waals surface area contributed by atoms with Gasteiger partial charge in [-0.2, -0.15) is 0 Å². The number of halogens is 1. The zero-order valence-corrected chi connectivity index (χ0v) is 12.8. The van der Waals surface area contributed by atoms with Crippen LogP contribution >= 0.6 is 0 Å². The van der Waals surface area contributed by atoms with Gasteiger partial charge in [-0.05, 0) is 17.7 Å². The van der Waals surface area contributed by atoms with Gasteiger partial charge in [0.2, 0.25) is 0 Å². The first kappa shape index (κ1) is 16.1. The van der Waals surface area contributed by atoms with Crippen LogP contribution in [-0.4, -0.2) is 11.6 Å². The molecule has 0 radical (unpaired) electrons. The zero-order chi connectivity index (χ0) is 16.1. The van der Waals surface area contributed by atoms with E-state index in [2.05, 4.69) is 0 Å². The van der Waals surface area contributed by atoms with E-state index in [0.717, 1.165) is 5.56 Å². The standard InChI is InChI=1S/C19H19FO2/c1-13(2)19(22)16(14-8-4-3-5-9-14)12-18(21)15-10-6-7-11-17(15)20/h3-11,13,16H,12H2,1-2H3. The average molecular weight is 298 g/mol. The summed E-state index contributed by atoms with van der Waals surface area (Å²) in [6, 6.07) is 15.1. The lowest BCUT2D eigenvalue weighted by molar-refractivity contribution is -0.123. The number of carbonyl (C=O) groups excluding carboxylic acids is 2. The van der Waals surface area contributed by atoms with Crippen molar-refractivity contribution in [2.24, 2.45) is 5.92 Å². The third-order valence-electron chi connectivity index (χ3n) is 3.68. The monoisotopic (exact) mass is 298 g/mol. The molecule has 2 aromatic rings. The lowest BCUT2D eigenvalue weighted by Gasteiger charge is -2.18. The molecule has 0 aliphatic carbocycles.